The molecule has 0 amide bonds. The Morgan fingerprint density at radius 2 is 0.667 bits per heavy atom. The van der Waals surface area contributed by atoms with Gasteiger partial charge in [-0.1, -0.05) is 24.3 Å². The predicted octanol–water partition coefficient (Wildman–Crippen LogP) is 6.15. The summed E-state index contributed by atoms with van der Waals surface area (Å²) in [5.74, 6) is 0. The third kappa shape index (κ3) is 5.50. The van der Waals surface area contributed by atoms with Crippen LogP contribution in [0.15, 0.2) is 117 Å². The van der Waals surface area contributed by atoms with Gasteiger partial charge in [-0.05, 0) is 136 Å². The summed E-state index contributed by atoms with van der Waals surface area (Å²) in [6, 6.07) is 27.1. The Labute approximate surface area is 221 Å². The first-order chi connectivity index (χ1) is 15.7. The van der Waals surface area contributed by atoms with E-state index in [4.69, 9.17) is 0 Å². The zero-order valence-electron chi connectivity index (χ0n) is 17.2. The molecule has 0 saturated heterocycles. The van der Waals surface area contributed by atoms with E-state index in [1.165, 1.54) is 0 Å². The molecule has 0 heterocycles. The summed E-state index contributed by atoms with van der Waals surface area (Å²) in [7, 11) is -7.13. The molecule has 0 spiro atoms. The molecule has 0 fully saturated rings. The van der Waals surface area contributed by atoms with Crippen LogP contribution in [0.1, 0.15) is 11.1 Å². The molecule has 0 aliphatic rings. The lowest BCUT2D eigenvalue weighted by Crippen LogP contribution is -2.03. The van der Waals surface area contributed by atoms with E-state index < -0.39 is 19.7 Å². The molecule has 0 radical (unpaired) electrons. The van der Waals surface area contributed by atoms with Crippen LogP contribution in [-0.4, -0.2) is 16.8 Å². The van der Waals surface area contributed by atoms with E-state index in [1.807, 2.05) is 0 Å². The first kappa shape index (κ1) is 24.4. The van der Waals surface area contributed by atoms with Crippen molar-refractivity contribution in [1.29, 1.82) is 0 Å². The highest BCUT2D eigenvalue weighted by atomic mass is 127. The number of benzene rings is 4. The van der Waals surface area contributed by atoms with Gasteiger partial charge in [-0.2, -0.15) is 0 Å². The molecule has 0 bridgehead atoms. The lowest BCUT2D eigenvalue weighted by Gasteiger charge is -2.08. The van der Waals surface area contributed by atoms with Crippen molar-refractivity contribution in [3.8, 4) is 0 Å². The molecule has 4 aromatic carbocycles. The Morgan fingerprint density at radius 3 is 0.939 bits per heavy atom. The minimum absolute atomic E-state index is 0.242. The van der Waals surface area contributed by atoms with Gasteiger partial charge < -0.3 is 0 Å². The molecular weight excluding hydrogens is 682 g/mol. The number of sulfone groups is 2. The van der Waals surface area contributed by atoms with Crippen molar-refractivity contribution in [1.82, 2.24) is 0 Å². The van der Waals surface area contributed by atoms with Crippen molar-refractivity contribution in [2.75, 3.05) is 0 Å². The van der Waals surface area contributed by atoms with Crippen LogP contribution in [-0.2, 0) is 26.1 Å². The fraction of sp³-hybridized carbons (Fsp3) is 0.0400. The lowest BCUT2D eigenvalue weighted by atomic mass is 10.1. The second-order valence-electron chi connectivity index (χ2n) is 7.38. The smallest absolute Gasteiger partial charge is 0.206 e. The van der Waals surface area contributed by atoms with E-state index in [0.717, 1.165) is 18.3 Å². The SMILES string of the molecule is O=S(=O)(c1ccc(I)cc1)c1ccc(Cc2ccc(S(=O)(=O)c3ccc(I)cc3)cc2)cc1. The van der Waals surface area contributed by atoms with Gasteiger partial charge in [-0.3, -0.25) is 0 Å². The first-order valence-corrected chi connectivity index (χ1v) is 15.0. The third-order valence-corrected chi connectivity index (χ3v) is 10.1. The van der Waals surface area contributed by atoms with Crippen LogP contribution in [0.5, 0.6) is 0 Å². The highest BCUT2D eigenvalue weighted by Gasteiger charge is 2.18. The van der Waals surface area contributed by atoms with E-state index in [0.29, 0.717) is 6.42 Å². The summed E-state index contributed by atoms with van der Waals surface area (Å²) in [6.07, 6.45) is 0.563. The van der Waals surface area contributed by atoms with E-state index >= 15 is 0 Å². The number of rotatable bonds is 6. The van der Waals surface area contributed by atoms with Crippen molar-refractivity contribution < 1.29 is 16.8 Å². The fourth-order valence-corrected chi connectivity index (χ4v) is 6.55. The summed E-state index contributed by atoms with van der Waals surface area (Å²) in [4.78, 5) is 1.01. The Kier molecular flexibility index (Phi) is 7.27. The summed E-state index contributed by atoms with van der Waals surface area (Å²) >= 11 is 4.27. The molecule has 0 saturated carbocycles. The molecule has 0 atom stereocenters. The Bertz CT molecular complexity index is 1360. The Balaban J connectivity index is 1.51. The van der Waals surface area contributed by atoms with Crippen LogP contribution in [0.25, 0.3) is 0 Å². The molecule has 0 unspecified atom stereocenters. The van der Waals surface area contributed by atoms with Crippen molar-refractivity contribution >= 4 is 64.9 Å². The van der Waals surface area contributed by atoms with Crippen molar-refractivity contribution in [2.24, 2.45) is 0 Å². The summed E-state index contributed by atoms with van der Waals surface area (Å²) in [5.41, 5.74) is 1.87. The van der Waals surface area contributed by atoms with Gasteiger partial charge in [-0.25, -0.2) is 16.8 Å². The van der Waals surface area contributed by atoms with Crippen LogP contribution in [0.2, 0.25) is 0 Å². The molecule has 33 heavy (non-hydrogen) atoms. The normalized spacial score (nSPS) is 11.9. The molecule has 0 aliphatic heterocycles. The van der Waals surface area contributed by atoms with Gasteiger partial charge in [0.15, 0.2) is 0 Å². The average molecular weight is 700 g/mol. The molecular formula is C25H18I2O4S2. The molecule has 168 valence electrons. The van der Waals surface area contributed by atoms with Gasteiger partial charge in [0, 0.05) is 7.14 Å². The van der Waals surface area contributed by atoms with Gasteiger partial charge in [0.25, 0.3) is 0 Å². The van der Waals surface area contributed by atoms with E-state index in [9.17, 15) is 16.8 Å². The van der Waals surface area contributed by atoms with E-state index in [2.05, 4.69) is 45.2 Å². The van der Waals surface area contributed by atoms with E-state index in [1.54, 1.807) is 97.1 Å². The molecule has 0 N–H and O–H groups in total. The highest BCUT2D eigenvalue weighted by Crippen LogP contribution is 2.25. The zero-order valence-corrected chi connectivity index (χ0v) is 23.1. The monoisotopic (exact) mass is 700 g/mol. The van der Waals surface area contributed by atoms with Crippen molar-refractivity contribution in [2.45, 2.75) is 26.0 Å². The van der Waals surface area contributed by atoms with Crippen LogP contribution in [0.3, 0.4) is 0 Å². The first-order valence-electron chi connectivity index (χ1n) is 9.85. The topological polar surface area (TPSA) is 68.3 Å². The van der Waals surface area contributed by atoms with Crippen LogP contribution in [0, 0.1) is 7.14 Å². The molecule has 0 aromatic heterocycles. The van der Waals surface area contributed by atoms with Crippen LogP contribution in [0.4, 0.5) is 0 Å². The average Bonchev–Trinajstić information content (AvgIpc) is 2.80. The van der Waals surface area contributed by atoms with Crippen molar-refractivity contribution in [3.05, 3.63) is 115 Å². The number of halogens is 2. The fourth-order valence-electron chi connectivity index (χ4n) is 3.31. The highest BCUT2D eigenvalue weighted by molar-refractivity contribution is 14.1. The van der Waals surface area contributed by atoms with Gasteiger partial charge in [0.2, 0.25) is 19.7 Å². The molecule has 0 aliphatic carbocycles. The maximum atomic E-state index is 12.8. The largest absolute Gasteiger partial charge is 0.219 e. The summed E-state index contributed by atoms with van der Waals surface area (Å²) in [6.45, 7) is 0. The van der Waals surface area contributed by atoms with Gasteiger partial charge >= 0.3 is 0 Å². The summed E-state index contributed by atoms with van der Waals surface area (Å²) in [5, 5.41) is 0. The van der Waals surface area contributed by atoms with E-state index in [-0.39, 0.29) is 19.6 Å². The summed E-state index contributed by atoms with van der Waals surface area (Å²) < 4.78 is 53.2. The Hall–Kier alpha value is -1.76. The predicted molar refractivity (Wildman–Crippen MR) is 145 cm³/mol. The van der Waals surface area contributed by atoms with Gasteiger partial charge in [0.05, 0.1) is 19.6 Å². The van der Waals surface area contributed by atoms with Crippen molar-refractivity contribution in [3.63, 3.8) is 0 Å². The molecule has 4 aromatic rings. The third-order valence-electron chi connectivity index (χ3n) is 5.12. The molecule has 8 heteroatoms. The van der Waals surface area contributed by atoms with Crippen LogP contribution < -0.4 is 0 Å². The zero-order chi connectivity index (χ0) is 23.6. The maximum absolute atomic E-state index is 12.8. The molecule has 4 nitrogen and oxygen atoms in total. The van der Waals surface area contributed by atoms with Gasteiger partial charge in [-0.15, -0.1) is 0 Å². The van der Waals surface area contributed by atoms with Gasteiger partial charge in [0.1, 0.15) is 0 Å². The minimum atomic E-state index is -3.57. The maximum Gasteiger partial charge on any atom is 0.206 e. The second kappa shape index (κ2) is 9.85. The number of hydrogen-bond acceptors (Lipinski definition) is 4. The lowest BCUT2D eigenvalue weighted by molar-refractivity contribution is 0.594. The standard InChI is InChI=1S/C25H18I2O4S2/c26-20-5-13-24(14-6-20)32(28,29)22-9-1-18(2-10-22)17-19-3-11-23(12-4-19)33(30,31)25-15-7-21(27)8-16-25/h1-16H,17H2. The Morgan fingerprint density at radius 1 is 0.424 bits per heavy atom. The minimum Gasteiger partial charge on any atom is -0.219 e. The quantitative estimate of drug-likeness (QED) is 0.227. The molecule has 4 rings (SSSR count). The van der Waals surface area contributed by atoms with Crippen LogP contribution >= 0.6 is 45.2 Å². The second-order valence-corrected chi connectivity index (χ2v) is 13.8. The number of hydrogen-bond donors (Lipinski definition) is 0.